The third-order valence-corrected chi connectivity index (χ3v) is 8.94. The van der Waals surface area contributed by atoms with Gasteiger partial charge in [-0.2, -0.15) is 0 Å². The van der Waals surface area contributed by atoms with E-state index < -0.39 is 30.3 Å². The maximum atomic E-state index is 14.1. The van der Waals surface area contributed by atoms with Crippen LogP contribution in [-0.4, -0.2) is 30.3 Å². The lowest BCUT2D eigenvalue weighted by molar-refractivity contribution is -0.122. The highest BCUT2D eigenvalue weighted by Gasteiger charge is 2.62. The molecule has 7 nitrogen and oxygen atoms in total. The molecule has 0 unspecified atom stereocenters. The standard InChI is InChI=1S/C35H28N2O5/c1-19-15-16-21(17-20(19)2)36-28(38)18-42-35(41)26-13-7-8-14-27(26)37-33(39)31-29-22-9-3-4-10-23(22)30(32(31)34(37)40)25-12-6-5-11-24(25)29/h3-17,29-32H,18H2,1-2H3,(H,36,38)/t29?,30?,31-,32+. The van der Waals surface area contributed by atoms with Crippen LogP contribution in [0.25, 0.3) is 0 Å². The number of carbonyl (C=O) groups excluding carboxylic acids is 4. The second-order valence-corrected chi connectivity index (χ2v) is 11.2. The molecule has 7 heteroatoms. The molecular formula is C35H28N2O5. The molecule has 42 heavy (non-hydrogen) atoms. The molecule has 4 aliphatic rings. The fourth-order valence-electron chi connectivity index (χ4n) is 6.98. The van der Waals surface area contributed by atoms with Crippen LogP contribution in [0.3, 0.4) is 0 Å². The van der Waals surface area contributed by atoms with Crippen molar-refractivity contribution in [3.8, 4) is 0 Å². The number of hydrogen-bond acceptors (Lipinski definition) is 5. The molecule has 1 saturated heterocycles. The van der Waals surface area contributed by atoms with Gasteiger partial charge in [0.05, 0.1) is 23.1 Å². The number of amides is 3. The molecule has 208 valence electrons. The summed E-state index contributed by atoms with van der Waals surface area (Å²) >= 11 is 0. The summed E-state index contributed by atoms with van der Waals surface area (Å²) in [6.45, 7) is 3.41. The van der Waals surface area contributed by atoms with E-state index in [9.17, 15) is 19.2 Å². The predicted molar refractivity (Wildman–Crippen MR) is 157 cm³/mol. The van der Waals surface area contributed by atoms with E-state index >= 15 is 0 Å². The zero-order valence-corrected chi connectivity index (χ0v) is 23.2. The van der Waals surface area contributed by atoms with Gasteiger partial charge in [0, 0.05) is 17.5 Å². The van der Waals surface area contributed by atoms with Gasteiger partial charge in [0.25, 0.3) is 5.91 Å². The van der Waals surface area contributed by atoms with Crippen molar-refractivity contribution in [2.45, 2.75) is 25.7 Å². The topological polar surface area (TPSA) is 92.8 Å². The minimum Gasteiger partial charge on any atom is -0.452 e. The summed E-state index contributed by atoms with van der Waals surface area (Å²) in [7, 11) is 0. The van der Waals surface area contributed by atoms with Gasteiger partial charge in [-0.15, -0.1) is 0 Å². The first-order valence-corrected chi connectivity index (χ1v) is 14.0. The maximum absolute atomic E-state index is 14.1. The number of carbonyl (C=O) groups is 4. The number of nitrogens with zero attached hydrogens (tertiary/aromatic N) is 1. The summed E-state index contributed by atoms with van der Waals surface area (Å²) in [5, 5.41) is 2.73. The summed E-state index contributed by atoms with van der Waals surface area (Å²) in [5.74, 6) is -3.56. The second kappa shape index (κ2) is 9.80. The van der Waals surface area contributed by atoms with Crippen molar-refractivity contribution in [2.24, 2.45) is 11.8 Å². The fraction of sp³-hybridized carbons (Fsp3) is 0.200. The first-order valence-electron chi connectivity index (χ1n) is 14.0. The monoisotopic (exact) mass is 556 g/mol. The number of anilines is 2. The van der Waals surface area contributed by atoms with Gasteiger partial charge in [-0.25, -0.2) is 9.69 Å². The normalized spacial score (nSPS) is 21.4. The third kappa shape index (κ3) is 3.88. The van der Waals surface area contributed by atoms with Crippen LogP contribution in [-0.2, 0) is 19.1 Å². The Morgan fingerprint density at radius 1 is 0.714 bits per heavy atom. The van der Waals surface area contributed by atoms with Gasteiger partial charge in [0.1, 0.15) is 0 Å². The molecule has 8 rings (SSSR count). The molecule has 1 aliphatic heterocycles. The number of aryl methyl sites for hydroxylation is 2. The number of rotatable bonds is 5. The van der Waals surface area contributed by atoms with Crippen molar-refractivity contribution < 1.29 is 23.9 Å². The van der Waals surface area contributed by atoms with Crippen LogP contribution >= 0.6 is 0 Å². The summed E-state index contributed by atoms with van der Waals surface area (Å²) in [6, 6.07) is 28.0. The lowest BCUT2D eigenvalue weighted by Crippen LogP contribution is -2.41. The number of ether oxygens (including phenoxy) is 1. The van der Waals surface area contributed by atoms with E-state index in [2.05, 4.69) is 5.32 Å². The smallest absolute Gasteiger partial charge is 0.340 e. The first-order chi connectivity index (χ1) is 20.3. The Balaban J connectivity index is 1.17. The SMILES string of the molecule is Cc1ccc(NC(=O)COC(=O)c2ccccc2N2C(=O)[C@@H]3C4c5ccccc5C(c5ccccc54)[C@@H]3C2=O)cc1C. The summed E-state index contributed by atoms with van der Waals surface area (Å²) in [4.78, 5) is 55.3. The average Bonchev–Trinajstić information content (AvgIpc) is 3.27. The van der Waals surface area contributed by atoms with Crippen LogP contribution in [0.5, 0.6) is 0 Å². The summed E-state index contributed by atoms with van der Waals surface area (Å²) in [5.41, 5.74) is 7.27. The molecule has 0 spiro atoms. The van der Waals surface area contributed by atoms with Crippen LogP contribution in [0, 0.1) is 25.7 Å². The first kappa shape index (κ1) is 25.9. The minimum atomic E-state index is -0.786. The number of imide groups is 1. The molecule has 1 fully saturated rings. The van der Waals surface area contributed by atoms with Crippen molar-refractivity contribution in [2.75, 3.05) is 16.8 Å². The predicted octanol–water partition coefficient (Wildman–Crippen LogP) is 5.50. The van der Waals surface area contributed by atoms with Crippen LogP contribution in [0.1, 0.15) is 55.6 Å². The maximum Gasteiger partial charge on any atom is 0.340 e. The van der Waals surface area contributed by atoms with Crippen LogP contribution in [0.15, 0.2) is 91.0 Å². The van der Waals surface area contributed by atoms with E-state index in [4.69, 9.17) is 4.74 Å². The van der Waals surface area contributed by atoms with Crippen molar-refractivity contribution in [1.29, 1.82) is 0 Å². The highest BCUT2D eigenvalue weighted by atomic mass is 16.5. The van der Waals surface area contributed by atoms with E-state index in [0.717, 1.165) is 33.4 Å². The number of nitrogens with one attached hydrogen (secondary N) is 1. The Hall–Kier alpha value is -5.04. The molecule has 1 N–H and O–H groups in total. The van der Waals surface area contributed by atoms with Crippen LogP contribution in [0.4, 0.5) is 11.4 Å². The molecule has 4 aromatic rings. The molecule has 0 aromatic heterocycles. The Morgan fingerprint density at radius 2 is 1.24 bits per heavy atom. The van der Waals surface area contributed by atoms with Gasteiger partial charge < -0.3 is 10.1 Å². The number of hydrogen-bond donors (Lipinski definition) is 1. The number of esters is 1. The van der Waals surface area contributed by atoms with E-state index in [1.165, 1.54) is 11.0 Å². The molecule has 1 heterocycles. The van der Waals surface area contributed by atoms with Gasteiger partial charge in [-0.05, 0) is 71.5 Å². The highest BCUT2D eigenvalue weighted by molar-refractivity contribution is 6.25. The molecule has 0 radical (unpaired) electrons. The minimum absolute atomic E-state index is 0.0548. The van der Waals surface area contributed by atoms with E-state index in [1.54, 1.807) is 24.3 Å². The summed E-state index contributed by atoms with van der Waals surface area (Å²) < 4.78 is 5.36. The van der Waals surface area contributed by atoms with Gasteiger partial charge >= 0.3 is 5.97 Å². The Labute approximate surface area is 243 Å². The van der Waals surface area contributed by atoms with Crippen molar-refractivity contribution in [3.63, 3.8) is 0 Å². The van der Waals surface area contributed by atoms with Gasteiger partial charge in [-0.1, -0.05) is 66.7 Å². The van der Waals surface area contributed by atoms with Gasteiger partial charge in [-0.3, -0.25) is 14.4 Å². The molecule has 3 amide bonds. The number of benzene rings is 4. The van der Waals surface area contributed by atoms with Gasteiger partial charge in [0.15, 0.2) is 6.61 Å². The van der Waals surface area contributed by atoms with E-state index in [1.807, 2.05) is 74.5 Å². The quantitative estimate of drug-likeness (QED) is 0.259. The highest BCUT2D eigenvalue weighted by Crippen LogP contribution is 2.61. The molecule has 2 atom stereocenters. The molecular weight excluding hydrogens is 528 g/mol. The van der Waals surface area contributed by atoms with Crippen molar-refractivity contribution in [3.05, 3.63) is 130 Å². The van der Waals surface area contributed by atoms with Crippen molar-refractivity contribution in [1.82, 2.24) is 0 Å². The third-order valence-electron chi connectivity index (χ3n) is 8.94. The van der Waals surface area contributed by atoms with E-state index in [-0.39, 0.29) is 34.9 Å². The second-order valence-electron chi connectivity index (χ2n) is 11.2. The van der Waals surface area contributed by atoms with Crippen molar-refractivity contribution >= 4 is 35.1 Å². The lowest BCUT2D eigenvalue weighted by Gasteiger charge is -2.45. The fourth-order valence-corrected chi connectivity index (χ4v) is 6.98. The Bertz CT molecular complexity index is 1700. The Kier molecular flexibility index (Phi) is 6.04. The van der Waals surface area contributed by atoms with Crippen LogP contribution < -0.4 is 10.2 Å². The van der Waals surface area contributed by atoms with Gasteiger partial charge in [0.2, 0.25) is 11.8 Å². The molecule has 3 aliphatic carbocycles. The average molecular weight is 557 g/mol. The lowest BCUT2D eigenvalue weighted by atomic mass is 9.55. The van der Waals surface area contributed by atoms with E-state index in [0.29, 0.717) is 5.69 Å². The zero-order valence-electron chi connectivity index (χ0n) is 23.2. The van der Waals surface area contributed by atoms with Crippen LogP contribution in [0.2, 0.25) is 0 Å². The zero-order chi connectivity index (χ0) is 29.1. The molecule has 4 aromatic carbocycles. The largest absolute Gasteiger partial charge is 0.452 e. The Morgan fingerprint density at radius 3 is 1.79 bits per heavy atom. The molecule has 2 bridgehead atoms. The number of para-hydroxylation sites is 1. The molecule has 0 saturated carbocycles. The summed E-state index contributed by atoms with van der Waals surface area (Å²) in [6.07, 6.45) is 0.